The molecule has 0 fully saturated rings. The predicted molar refractivity (Wildman–Crippen MR) is 78.6 cm³/mol. The lowest BCUT2D eigenvalue weighted by Crippen LogP contribution is -2.44. The van der Waals surface area contributed by atoms with E-state index in [4.69, 9.17) is 26.8 Å². The van der Waals surface area contributed by atoms with E-state index < -0.39 is 18.0 Å². The van der Waals surface area contributed by atoms with Crippen LogP contribution in [0.2, 0.25) is 5.02 Å². The molecule has 0 heterocycles. The fourth-order valence-electron chi connectivity index (χ4n) is 1.57. The lowest BCUT2D eigenvalue weighted by Gasteiger charge is -2.19. The van der Waals surface area contributed by atoms with Gasteiger partial charge in [-0.15, -0.1) is 0 Å². The van der Waals surface area contributed by atoms with Gasteiger partial charge in [-0.1, -0.05) is 11.6 Å². The Bertz CT molecular complexity index is 511. The Hall–Kier alpha value is -1.99. The van der Waals surface area contributed by atoms with Crippen LogP contribution in [0.15, 0.2) is 12.1 Å². The maximum atomic E-state index is 11.8. The van der Waals surface area contributed by atoms with Crippen LogP contribution in [-0.2, 0) is 11.3 Å². The first-order valence-corrected chi connectivity index (χ1v) is 6.56. The van der Waals surface area contributed by atoms with Gasteiger partial charge in [0.1, 0.15) is 0 Å². The van der Waals surface area contributed by atoms with Gasteiger partial charge in [0.25, 0.3) is 5.91 Å². The molecule has 4 N–H and O–H groups in total. The summed E-state index contributed by atoms with van der Waals surface area (Å²) in [5.74, 6) is 0.0980. The van der Waals surface area contributed by atoms with Crippen LogP contribution in [0.25, 0.3) is 0 Å². The normalized spacial score (nSPS) is 11.5. The lowest BCUT2D eigenvalue weighted by atomic mass is 10.2. The van der Waals surface area contributed by atoms with E-state index in [-0.39, 0.29) is 6.54 Å². The van der Waals surface area contributed by atoms with E-state index in [1.54, 1.807) is 12.1 Å². The number of nitrogens with two attached hydrogens (primary N) is 1. The molecule has 1 aromatic carbocycles. The molecule has 0 aliphatic carbocycles. The number of carbonyl (C=O) groups is 2. The molecule has 0 aliphatic rings. The molecular weight excluding hydrogens is 298 g/mol. The van der Waals surface area contributed by atoms with Crippen LogP contribution in [-0.4, -0.2) is 32.2 Å². The highest BCUT2D eigenvalue weighted by Gasteiger charge is 2.21. The summed E-state index contributed by atoms with van der Waals surface area (Å²) in [5, 5.41) is 4.85. The molecule has 0 aliphatic heterocycles. The van der Waals surface area contributed by atoms with E-state index in [1.807, 2.05) is 0 Å². The van der Waals surface area contributed by atoms with E-state index in [0.717, 1.165) is 0 Å². The molecule has 1 rings (SSSR count). The second kappa shape index (κ2) is 7.70. The number of hydrogen-bond acceptors (Lipinski definition) is 5. The number of halogens is 1. The third-order valence-electron chi connectivity index (χ3n) is 2.66. The summed E-state index contributed by atoms with van der Waals surface area (Å²) in [6, 6.07) is 2.57. The van der Waals surface area contributed by atoms with Gasteiger partial charge in [-0.05, 0) is 13.0 Å². The van der Waals surface area contributed by atoms with Gasteiger partial charge in [-0.2, -0.15) is 0 Å². The molecule has 3 amide bonds. The highest BCUT2D eigenvalue weighted by molar-refractivity contribution is 6.30. The first-order valence-electron chi connectivity index (χ1n) is 6.18. The molecular formula is C13H18ClN3O4. The van der Waals surface area contributed by atoms with E-state index in [1.165, 1.54) is 21.1 Å². The monoisotopic (exact) mass is 315 g/mol. The largest absolute Gasteiger partial charge is 0.493 e. The maximum Gasteiger partial charge on any atom is 0.321 e. The van der Waals surface area contributed by atoms with Crippen LogP contribution in [0, 0.1) is 0 Å². The van der Waals surface area contributed by atoms with E-state index in [0.29, 0.717) is 22.1 Å². The molecule has 0 radical (unpaired) electrons. The van der Waals surface area contributed by atoms with Crippen LogP contribution in [0.4, 0.5) is 4.79 Å². The number of carbonyl (C=O) groups excluding carboxylic acids is 2. The molecule has 0 aromatic heterocycles. The van der Waals surface area contributed by atoms with Crippen LogP contribution in [0.3, 0.4) is 0 Å². The average molecular weight is 316 g/mol. The van der Waals surface area contributed by atoms with Crippen molar-refractivity contribution in [2.24, 2.45) is 5.73 Å². The molecule has 1 unspecified atom stereocenters. The topological polar surface area (TPSA) is 103 Å². The molecule has 8 heteroatoms. The molecule has 0 saturated heterocycles. The number of rotatable bonds is 5. The molecule has 21 heavy (non-hydrogen) atoms. The fraction of sp³-hybridized carbons (Fsp3) is 0.385. The third-order valence-corrected chi connectivity index (χ3v) is 2.88. The lowest BCUT2D eigenvalue weighted by molar-refractivity contribution is -0.126. The van der Waals surface area contributed by atoms with Gasteiger partial charge in [-0.25, -0.2) is 4.79 Å². The molecule has 1 aromatic rings. The first kappa shape index (κ1) is 17.1. The maximum absolute atomic E-state index is 11.8. The number of imide groups is 1. The summed E-state index contributed by atoms with van der Waals surface area (Å²) in [6.07, 6.45) is -0.914. The number of hydrogen-bond donors (Lipinski definition) is 3. The molecule has 0 spiro atoms. The standard InChI is InChI=1S/C13H18ClN3O4/c1-7(12(18)17-13(19)16-2)21-11-8(6-15)4-9(14)5-10(11)20-3/h4-5,7H,6,15H2,1-3H3,(H2,16,17,18,19). The van der Waals surface area contributed by atoms with Crippen molar-refractivity contribution in [1.82, 2.24) is 10.6 Å². The van der Waals surface area contributed by atoms with Crippen molar-refractivity contribution in [3.8, 4) is 11.5 Å². The smallest absolute Gasteiger partial charge is 0.321 e. The summed E-state index contributed by atoms with van der Waals surface area (Å²) < 4.78 is 10.7. The summed E-state index contributed by atoms with van der Waals surface area (Å²) in [7, 11) is 2.86. The highest BCUT2D eigenvalue weighted by atomic mass is 35.5. The van der Waals surface area contributed by atoms with Crippen LogP contribution in [0.1, 0.15) is 12.5 Å². The van der Waals surface area contributed by atoms with E-state index in [2.05, 4.69) is 10.6 Å². The molecule has 116 valence electrons. The Kier molecular flexibility index (Phi) is 6.26. The van der Waals surface area contributed by atoms with Gasteiger partial charge < -0.3 is 20.5 Å². The Morgan fingerprint density at radius 3 is 2.62 bits per heavy atom. The van der Waals surface area contributed by atoms with E-state index in [9.17, 15) is 9.59 Å². The quantitative estimate of drug-likeness (QED) is 0.753. The van der Waals surface area contributed by atoms with Gasteiger partial charge in [0.15, 0.2) is 17.6 Å². The Balaban J connectivity index is 2.96. The van der Waals surface area contributed by atoms with Crippen molar-refractivity contribution in [1.29, 1.82) is 0 Å². The van der Waals surface area contributed by atoms with Gasteiger partial charge in [0.05, 0.1) is 7.11 Å². The number of ether oxygens (including phenoxy) is 2. The Morgan fingerprint density at radius 1 is 1.43 bits per heavy atom. The molecule has 0 saturated carbocycles. The van der Waals surface area contributed by atoms with E-state index >= 15 is 0 Å². The van der Waals surface area contributed by atoms with Crippen molar-refractivity contribution in [2.45, 2.75) is 19.6 Å². The second-order valence-corrected chi connectivity index (χ2v) is 4.57. The number of urea groups is 1. The summed E-state index contributed by atoms with van der Waals surface area (Å²) in [6.45, 7) is 1.67. The van der Waals surface area contributed by atoms with Gasteiger partial charge in [-0.3, -0.25) is 10.1 Å². The van der Waals surface area contributed by atoms with Gasteiger partial charge in [0, 0.05) is 30.2 Å². The van der Waals surface area contributed by atoms with Crippen molar-refractivity contribution in [3.05, 3.63) is 22.7 Å². The zero-order valence-electron chi connectivity index (χ0n) is 12.0. The van der Waals surface area contributed by atoms with Crippen molar-refractivity contribution >= 4 is 23.5 Å². The second-order valence-electron chi connectivity index (χ2n) is 4.13. The first-order chi connectivity index (χ1) is 9.92. The summed E-state index contributed by atoms with van der Waals surface area (Å²) in [4.78, 5) is 22.9. The number of methoxy groups -OCH3 is 1. The van der Waals surface area contributed by atoms with Crippen LogP contribution < -0.4 is 25.8 Å². The molecule has 7 nitrogen and oxygen atoms in total. The van der Waals surface area contributed by atoms with Crippen molar-refractivity contribution < 1.29 is 19.1 Å². The van der Waals surface area contributed by atoms with Crippen molar-refractivity contribution in [3.63, 3.8) is 0 Å². The van der Waals surface area contributed by atoms with Gasteiger partial charge in [0.2, 0.25) is 0 Å². The fourth-order valence-corrected chi connectivity index (χ4v) is 1.80. The van der Waals surface area contributed by atoms with Gasteiger partial charge >= 0.3 is 6.03 Å². The molecule has 1 atom stereocenters. The number of benzene rings is 1. The minimum Gasteiger partial charge on any atom is -0.493 e. The summed E-state index contributed by atoms with van der Waals surface area (Å²) in [5.41, 5.74) is 6.23. The third kappa shape index (κ3) is 4.51. The van der Waals surface area contributed by atoms with Crippen LogP contribution >= 0.6 is 11.6 Å². The van der Waals surface area contributed by atoms with Crippen molar-refractivity contribution in [2.75, 3.05) is 14.2 Å². The Labute approximate surface area is 127 Å². The van der Waals surface area contributed by atoms with Crippen LogP contribution in [0.5, 0.6) is 11.5 Å². The Morgan fingerprint density at radius 2 is 2.10 bits per heavy atom. The SMILES string of the molecule is CNC(=O)NC(=O)C(C)Oc1c(CN)cc(Cl)cc1OC. The minimum atomic E-state index is -0.914. The zero-order chi connectivity index (χ0) is 16.0. The highest BCUT2D eigenvalue weighted by Crippen LogP contribution is 2.35. The zero-order valence-corrected chi connectivity index (χ0v) is 12.8. The minimum absolute atomic E-state index is 0.163. The predicted octanol–water partition coefficient (Wildman–Crippen LogP) is 1.03. The molecule has 0 bridgehead atoms. The number of amides is 3. The number of nitrogens with one attached hydrogen (secondary N) is 2. The average Bonchev–Trinajstić information content (AvgIpc) is 2.47. The summed E-state index contributed by atoms with van der Waals surface area (Å²) >= 11 is 5.94.